The summed E-state index contributed by atoms with van der Waals surface area (Å²) in [6.07, 6.45) is 0.355. The number of hydrogen-bond acceptors (Lipinski definition) is 5. The number of rotatable bonds is 3. The van der Waals surface area contributed by atoms with E-state index in [2.05, 4.69) is 13.2 Å². The zero-order chi connectivity index (χ0) is 13.9. The van der Waals surface area contributed by atoms with E-state index in [1.807, 2.05) is 0 Å². The van der Waals surface area contributed by atoms with Gasteiger partial charge in [-0.2, -0.15) is 0 Å². The molecule has 1 aliphatic carbocycles. The van der Waals surface area contributed by atoms with Crippen molar-refractivity contribution >= 4 is 17.7 Å². The van der Waals surface area contributed by atoms with E-state index >= 15 is 0 Å². The number of carbonyl (C=O) groups excluding carboxylic acids is 3. The second kappa shape index (κ2) is 5.52. The Balaban J connectivity index is 3.01. The average molecular weight is 251 g/mol. The summed E-state index contributed by atoms with van der Waals surface area (Å²) < 4.78 is 0. The Kier molecular flexibility index (Phi) is 4.30. The van der Waals surface area contributed by atoms with Crippen LogP contribution in [0.3, 0.4) is 0 Å². The quantitative estimate of drug-likeness (QED) is 0.646. The summed E-state index contributed by atoms with van der Waals surface area (Å²) in [5, 5.41) is 18.6. The van der Waals surface area contributed by atoms with Crippen LogP contribution in [0.4, 0.5) is 0 Å². The summed E-state index contributed by atoms with van der Waals surface area (Å²) >= 11 is 0. The molecule has 0 aliphatic heterocycles. The molecule has 0 spiro atoms. The van der Waals surface area contributed by atoms with E-state index in [0.717, 1.165) is 18.2 Å². The first-order chi connectivity index (χ1) is 8.42. The predicted molar refractivity (Wildman–Crippen MR) is 62.0 cm³/mol. The van der Waals surface area contributed by atoms with Crippen LogP contribution in [-0.2, 0) is 14.4 Å². The lowest BCUT2D eigenvalue weighted by molar-refractivity contribution is -0.147. The molecule has 3 amide bonds. The molecule has 0 aromatic carbocycles. The standard InChI is InChI=1S/C12H13NO5/c1-3-10(16)13(11(17)4-2)12(18)7-5-8(14)9(15)6-7/h3-5,8-9,14-15H,1-2,6H2. The lowest BCUT2D eigenvalue weighted by atomic mass is 10.2. The molecule has 0 heterocycles. The van der Waals surface area contributed by atoms with E-state index in [1.54, 1.807) is 0 Å². The normalized spacial score (nSPS) is 22.0. The van der Waals surface area contributed by atoms with Gasteiger partial charge in [0.1, 0.15) is 0 Å². The summed E-state index contributed by atoms with van der Waals surface area (Å²) in [5.41, 5.74) is 0.000370. The van der Waals surface area contributed by atoms with Gasteiger partial charge in [0, 0.05) is 12.0 Å². The summed E-state index contributed by atoms with van der Waals surface area (Å²) in [4.78, 5) is 35.2. The Morgan fingerprint density at radius 1 is 1.22 bits per heavy atom. The van der Waals surface area contributed by atoms with Crippen LogP contribution in [0.15, 0.2) is 37.0 Å². The van der Waals surface area contributed by atoms with E-state index in [0.29, 0.717) is 4.90 Å². The van der Waals surface area contributed by atoms with Crippen molar-refractivity contribution in [3.8, 4) is 0 Å². The third-order valence-corrected chi connectivity index (χ3v) is 2.46. The second-order valence-corrected chi connectivity index (χ2v) is 3.68. The van der Waals surface area contributed by atoms with Gasteiger partial charge in [0.05, 0.1) is 12.2 Å². The van der Waals surface area contributed by atoms with Crippen LogP contribution in [0.2, 0.25) is 0 Å². The van der Waals surface area contributed by atoms with Crippen molar-refractivity contribution in [2.75, 3.05) is 0 Å². The molecule has 18 heavy (non-hydrogen) atoms. The molecule has 0 saturated carbocycles. The fraction of sp³-hybridized carbons (Fsp3) is 0.250. The van der Waals surface area contributed by atoms with Gasteiger partial charge in [-0.25, -0.2) is 4.90 Å². The first-order valence-electron chi connectivity index (χ1n) is 5.16. The van der Waals surface area contributed by atoms with Crippen LogP contribution in [0.5, 0.6) is 0 Å². The SMILES string of the molecule is C=CC(=O)N(C(=O)C=C)C(=O)C1=CC(O)C(O)C1. The van der Waals surface area contributed by atoms with Crippen molar-refractivity contribution in [3.05, 3.63) is 37.0 Å². The number of imide groups is 3. The molecule has 96 valence electrons. The Morgan fingerprint density at radius 3 is 2.06 bits per heavy atom. The molecule has 0 saturated heterocycles. The molecule has 0 radical (unpaired) electrons. The first kappa shape index (κ1) is 14.0. The van der Waals surface area contributed by atoms with E-state index in [9.17, 15) is 24.6 Å². The van der Waals surface area contributed by atoms with Crippen molar-refractivity contribution < 1.29 is 24.6 Å². The van der Waals surface area contributed by atoms with Crippen molar-refractivity contribution in [2.45, 2.75) is 18.6 Å². The van der Waals surface area contributed by atoms with Gasteiger partial charge in [0.25, 0.3) is 17.7 Å². The molecular weight excluding hydrogens is 238 g/mol. The third kappa shape index (κ3) is 2.61. The van der Waals surface area contributed by atoms with E-state index in [1.165, 1.54) is 0 Å². The van der Waals surface area contributed by atoms with Crippen LogP contribution in [0, 0.1) is 0 Å². The topological polar surface area (TPSA) is 94.9 Å². The van der Waals surface area contributed by atoms with E-state index in [4.69, 9.17) is 0 Å². The molecule has 0 aromatic heterocycles. The largest absolute Gasteiger partial charge is 0.390 e. The number of amides is 3. The molecule has 2 unspecified atom stereocenters. The van der Waals surface area contributed by atoms with Gasteiger partial charge in [-0.1, -0.05) is 13.2 Å². The Bertz CT molecular complexity index is 431. The highest BCUT2D eigenvalue weighted by Crippen LogP contribution is 2.21. The van der Waals surface area contributed by atoms with Crippen molar-refractivity contribution in [3.63, 3.8) is 0 Å². The summed E-state index contributed by atoms with van der Waals surface area (Å²) in [6, 6.07) is 0. The predicted octanol–water partition coefficient (Wildman–Crippen LogP) is -0.708. The Hall–Kier alpha value is -2.05. The van der Waals surface area contributed by atoms with Gasteiger partial charge in [-0.3, -0.25) is 14.4 Å². The minimum atomic E-state index is -1.18. The van der Waals surface area contributed by atoms with E-state index in [-0.39, 0.29) is 12.0 Å². The molecule has 2 N–H and O–H groups in total. The Morgan fingerprint density at radius 2 is 1.72 bits per heavy atom. The maximum absolute atomic E-state index is 11.9. The average Bonchev–Trinajstić information content (AvgIpc) is 2.69. The van der Waals surface area contributed by atoms with Gasteiger partial charge < -0.3 is 10.2 Å². The molecule has 0 bridgehead atoms. The minimum absolute atomic E-state index is 0.000370. The molecule has 6 heteroatoms. The molecule has 6 nitrogen and oxygen atoms in total. The van der Waals surface area contributed by atoms with Crippen LogP contribution < -0.4 is 0 Å². The zero-order valence-electron chi connectivity index (χ0n) is 9.57. The lowest BCUT2D eigenvalue weighted by Gasteiger charge is -2.16. The second-order valence-electron chi connectivity index (χ2n) is 3.68. The number of aliphatic hydroxyl groups is 2. The maximum atomic E-state index is 11.9. The molecular formula is C12H13NO5. The molecule has 0 aromatic rings. The van der Waals surface area contributed by atoms with Crippen LogP contribution in [0.25, 0.3) is 0 Å². The third-order valence-electron chi connectivity index (χ3n) is 2.46. The van der Waals surface area contributed by atoms with Crippen molar-refractivity contribution in [1.29, 1.82) is 0 Å². The van der Waals surface area contributed by atoms with Gasteiger partial charge >= 0.3 is 0 Å². The van der Waals surface area contributed by atoms with Gasteiger partial charge in [0.2, 0.25) is 0 Å². The van der Waals surface area contributed by atoms with Crippen LogP contribution >= 0.6 is 0 Å². The highest BCUT2D eigenvalue weighted by Gasteiger charge is 2.33. The smallest absolute Gasteiger partial charge is 0.263 e. The number of nitrogens with zero attached hydrogens (tertiary/aromatic N) is 1. The fourth-order valence-corrected chi connectivity index (χ4v) is 1.52. The molecule has 1 aliphatic rings. The van der Waals surface area contributed by atoms with Crippen molar-refractivity contribution in [2.24, 2.45) is 0 Å². The van der Waals surface area contributed by atoms with E-state index < -0.39 is 29.9 Å². The minimum Gasteiger partial charge on any atom is -0.390 e. The summed E-state index contributed by atoms with van der Waals surface area (Å²) in [5.74, 6) is -2.66. The zero-order valence-corrected chi connectivity index (χ0v) is 9.57. The maximum Gasteiger partial charge on any atom is 0.263 e. The summed E-state index contributed by atoms with van der Waals surface area (Å²) in [7, 11) is 0. The van der Waals surface area contributed by atoms with Gasteiger partial charge in [0.15, 0.2) is 0 Å². The fourth-order valence-electron chi connectivity index (χ4n) is 1.52. The number of aliphatic hydroxyl groups excluding tert-OH is 2. The molecule has 1 rings (SSSR count). The van der Waals surface area contributed by atoms with Gasteiger partial charge in [-0.15, -0.1) is 0 Å². The lowest BCUT2D eigenvalue weighted by Crippen LogP contribution is -2.40. The van der Waals surface area contributed by atoms with Crippen molar-refractivity contribution in [1.82, 2.24) is 4.90 Å². The molecule has 2 atom stereocenters. The number of carbonyl (C=O) groups is 3. The summed E-state index contributed by atoms with van der Waals surface area (Å²) in [6.45, 7) is 6.38. The highest BCUT2D eigenvalue weighted by atomic mass is 16.3. The highest BCUT2D eigenvalue weighted by molar-refractivity contribution is 6.20. The van der Waals surface area contributed by atoms with Crippen LogP contribution in [0.1, 0.15) is 6.42 Å². The van der Waals surface area contributed by atoms with Crippen LogP contribution in [-0.4, -0.2) is 45.0 Å². The Labute approximate surface area is 104 Å². The van der Waals surface area contributed by atoms with Gasteiger partial charge in [-0.05, 0) is 18.2 Å². The molecule has 0 fully saturated rings. The first-order valence-corrected chi connectivity index (χ1v) is 5.16. The number of hydrogen-bond donors (Lipinski definition) is 2. The monoisotopic (exact) mass is 251 g/mol.